The van der Waals surface area contributed by atoms with E-state index in [4.69, 9.17) is 4.74 Å². The van der Waals surface area contributed by atoms with Crippen LogP contribution >= 0.6 is 0 Å². The van der Waals surface area contributed by atoms with Crippen LogP contribution < -0.4 is 9.80 Å². The van der Waals surface area contributed by atoms with Crippen LogP contribution in [0.15, 0.2) is 24.3 Å². The van der Waals surface area contributed by atoms with Crippen molar-refractivity contribution in [2.24, 2.45) is 0 Å². The maximum Gasteiger partial charge on any atom is 0.326 e. The molecule has 0 radical (unpaired) electrons. The van der Waals surface area contributed by atoms with Gasteiger partial charge in [0.1, 0.15) is 13.1 Å². The Morgan fingerprint density at radius 2 is 1.90 bits per heavy atom. The van der Waals surface area contributed by atoms with E-state index in [1.165, 1.54) is 16.7 Å². The van der Waals surface area contributed by atoms with E-state index in [2.05, 4.69) is 0 Å². The van der Waals surface area contributed by atoms with Gasteiger partial charge in [-0.25, -0.2) is 0 Å². The topological polar surface area (TPSA) is 66.9 Å². The Morgan fingerprint density at radius 3 is 2.50 bits per heavy atom. The first-order valence-electron chi connectivity index (χ1n) is 6.37. The lowest BCUT2D eigenvalue weighted by Gasteiger charge is -2.35. The number of anilines is 2. The summed E-state index contributed by atoms with van der Waals surface area (Å²) in [6, 6.07) is 7.00. The number of benzene rings is 1. The number of fused-ring (bicyclic) bond motifs is 1. The van der Waals surface area contributed by atoms with Crippen LogP contribution in [0.1, 0.15) is 13.8 Å². The van der Waals surface area contributed by atoms with Gasteiger partial charge in [0.25, 0.3) is 0 Å². The summed E-state index contributed by atoms with van der Waals surface area (Å²) < 4.78 is 4.87. The average molecular weight is 276 g/mol. The molecule has 0 saturated carbocycles. The minimum absolute atomic E-state index is 0.0637. The third-order valence-corrected chi connectivity index (χ3v) is 3.03. The normalized spacial score (nSPS) is 14.0. The van der Waals surface area contributed by atoms with E-state index in [1.54, 1.807) is 31.2 Å². The molecule has 0 fully saturated rings. The van der Waals surface area contributed by atoms with E-state index >= 15 is 0 Å². The quantitative estimate of drug-likeness (QED) is 0.771. The van der Waals surface area contributed by atoms with Crippen LogP contribution in [0.4, 0.5) is 11.4 Å². The van der Waals surface area contributed by atoms with Crippen molar-refractivity contribution in [3.8, 4) is 0 Å². The minimum atomic E-state index is -0.466. The summed E-state index contributed by atoms with van der Waals surface area (Å²) in [6.07, 6.45) is 0. The number of nitrogens with zero attached hydrogens (tertiary/aromatic N) is 2. The first kappa shape index (κ1) is 14.0. The molecule has 0 N–H and O–H groups in total. The molecular weight excluding hydrogens is 260 g/mol. The molecule has 20 heavy (non-hydrogen) atoms. The molecule has 106 valence electrons. The molecule has 0 unspecified atom stereocenters. The number of carbonyl (C=O) groups excluding carboxylic acids is 3. The third kappa shape index (κ3) is 2.64. The first-order valence-corrected chi connectivity index (χ1v) is 6.37. The van der Waals surface area contributed by atoms with Crippen LogP contribution in [0.2, 0.25) is 0 Å². The van der Waals surface area contributed by atoms with Gasteiger partial charge in [0.05, 0.1) is 18.0 Å². The summed E-state index contributed by atoms with van der Waals surface area (Å²) in [5.74, 6) is -0.972. The van der Waals surface area contributed by atoms with Crippen molar-refractivity contribution in [3.63, 3.8) is 0 Å². The SMILES string of the molecule is CCOC(=O)CN1C(=O)CN(C(C)=O)c2ccccc21. The van der Waals surface area contributed by atoms with Crippen molar-refractivity contribution in [1.82, 2.24) is 0 Å². The van der Waals surface area contributed by atoms with Gasteiger partial charge in [-0.05, 0) is 19.1 Å². The molecule has 1 aromatic rings. The Balaban J connectivity index is 2.34. The Labute approximate surface area is 116 Å². The van der Waals surface area contributed by atoms with Crippen molar-refractivity contribution >= 4 is 29.2 Å². The zero-order chi connectivity index (χ0) is 14.7. The van der Waals surface area contributed by atoms with Crippen LogP contribution in [-0.4, -0.2) is 37.5 Å². The Bertz CT molecular complexity index is 556. The van der Waals surface area contributed by atoms with Gasteiger partial charge in [-0.1, -0.05) is 12.1 Å². The smallest absolute Gasteiger partial charge is 0.326 e. The zero-order valence-corrected chi connectivity index (χ0v) is 11.5. The van der Waals surface area contributed by atoms with Crippen LogP contribution in [0, 0.1) is 0 Å². The van der Waals surface area contributed by atoms with Crippen LogP contribution in [0.5, 0.6) is 0 Å². The van der Waals surface area contributed by atoms with Gasteiger partial charge < -0.3 is 9.64 Å². The van der Waals surface area contributed by atoms with Gasteiger partial charge in [0, 0.05) is 6.92 Å². The van der Waals surface area contributed by atoms with E-state index in [9.17, 15) is 14.4 Å². The molecule has 0 atom stereocenters. The molecule has 0 saturated heterocycles. The highest BCUT2D eigenvalue weighted by atomic mass is 16.5. The highest BCUT2D eigenvalue weighted by molar-refractivity contribution is 6.12. The summed E-state index contributed by atoms with van der Waals surface area (Å²) in [7, 11) is 0. The molecule has 2 amide bonds. The van der Waals surface area contributed by atoms with Crippen molar-refractivity contribution in [3.05, 3.63) is 24.3 Å². The predicted molar refractivity (Wildman–Crippen MR) is 73.5 cm³/mol. The summed E-state index contributed by atoms with van der Waals surface area (Å²) in [6.45, 7) is 3.18. The number of hydrogen-bond donors (Lipinski definition) is 0. The van der Waals surface area contributed by atoms with Gasteiger partial charge in [0.15, 0.2) is 0 Å². The molecule has 6 heteroatoms. The molecule has 0 aliphatic carbocycles. The van der Waals surface area contributed by atoms with Gasteiger partial charge in [-0.2, -0.15) is 0 Å². The number of rotatable bonds is 3. The lowest BCUT2D eigenvalue weighted by Crippen LogP contribution is -2.49. The first-order chi connectivity index (χ1) is 9.54. The lowest BCUT2D eigenvalue weighted by atomic mass is 10.1. The molecule has 1 aliphatic heterocycles. The Kier molecular flexibility index (Phi) is 4.02. The van der Waals surface area contributed by atoms with E-state index in [0.717, 1.165) is 0 Å². The summed E-state index contributed by atoms with van der Waals surface area (Å²) >= 11 is 0. The maximum atomic E-state index is 12.1. The highest BCUT2D eigenvalue weighted by Gasteiger charge is 2.32. The van der Waals surface area contributed by atoms with Crippen LogP contribution in [0.3, 0.4) is 0 Å². The fourth-order valence-electron chi connectivity index (χ4n) is 2.15. The summed E-state index contributed by atoms with van der Waals surface area (Å²) in [4.78, 5) is 38.1. The molecule has 2 rings (SSSR count). The molecule has 1 heterocycles. The molecule has 1 aromatic carbocycles. The van der Waals surface area contributed by atoms with Crippen molar-refractivity contribution < 1.29 is 19.1 Å². The van der Waals surface area contributed by atoms with Gasteiger partial charge in [-0.3, -0.25) is 19.3 Å². The largest absolute Gasteiger partial charge is 0.465 e. The summed E-state index contributed by atoms with van der Waals surface area (Å²) in [5.41, 5.74) is 1.18. The molecular formula is C14H16N2O4. The second-order valence-corrected chi connectivity index (χ2v) is 4.38. The maximum absolute atomic E-state index is 12.1. The molecule has 6 nitrogen and oxygen atoms in total. The monoisotopic (exact) mass is 276 g/mol. The van der Waals surface area contributed by atoms with Crippen LogP contribution in [0.25, 0.3) is 0 Å². The summed E-state index contributed by atoms with van der Waals surface area (Å²) in [5, 5.41) is 0. The number of para-hydroxylation sites is 2. The highest BCUT2D eigenvalue weighted by Crippen LogP contribution is 2.33. The molecule has 0 aromatic heterocycles. The second kappa shape index (κ2) is 5.73. The molecule has 0 spiro atoms. The minimum Gasteiger partial charge on any atom is -0.465 e. The fourth-order valence-corrected chi connectivity index (χ4v) is 2.15. The van der Waals surface area contributed by atoms with Crippen molar-refractivity contribution in [1.29, 1.82) is 0 Å². The zero-order valence-electron chi connectivity index (χ0n) is 11.5. The average Bonchev–Trinajstić information content (AvgIpc) is 2.41. The fraction of sp³-hybridized carbons (Fsp3) is 0.357. The Morgan fingerprint density at radius 1 is 1.25 bits per heavy atom. The molecule has 0 bridgehead atoms. The number of esters is 1. The second-order valence-electron chi connectivity index (χ2n) is 4.38. The Hall–Kier alpha value is -2.37. The standard InChI is InChI=1S/C14H16N2O4/c1-3-20-14(19)9-16-12-7-5-4-6-11(12)15(10(2)17)8-13(16)18/h4-7H,3,8-9H2,1-2H3. The van der Waals surface area contributed by atoms with Crippen molar-refractivity contribution in [2.75, 3.05) is 29.5 Å². The number of amides is 2. The van der Waals surface area contributed by atoms with Crippen LogP contribution in [-0.2, 0) is 19.1 Å². The van der Waals surface area contributed by atoms with Gasteiger partial charge in [-0.15, -0.1) is 0 Å². The number of carbonyl (C=O) groups is 3. The van der Waals surface area contributed by atoms with E-state index in [-0.39, 0.29) is 31.5 Å². The van der Waals surface area contributed by atoms with Gasteiger partial charge in [0.2, 0.25) is 11.8 Å². The van der Waals surface area contributed by atoms with Gasteiger partial charge >= 0.3 is 5.97 Å². The molecule has 1 aliphatic rings. The third-order valence-electron chi connectivity index (χ3n) is 3.03. The number of ether oxygens (including phenoxy) is 1. The number of hydrogen-bond acceptors (Lipinski definition) is 4. The predicted octanol–water partition coefficient (Wildman–Crippen LogP) is 0.949. The van der Waals surface area contributed by atoms with Crippen molar-refractivity contribution in [2.45, 2.75) is 13.8 Å². The van der Waals surface area contributed by atoms with E-state index in [0.29, 0.717) is 11.4 Å². The lowest BCUT2D eigenvalue weighted by molar-refractivity contribution is -0.142. The van der Waals surface area contributed by atoms with E-state index in [1.807, 2.05) is 0 Å². The van der Waals surface area contributed by atoms with E-state index < -0.39 is 5.97 Å².